The summed E-state index contributed by atoms with van der Waals surface area (Å²) in [4.78, 5) is 21.8. The van der Waals surface area contributed by atoms with Crippen molar-refractivity contribution in [3.63, 3.8) is 0 Å². The Kier molecular flexibility index (Phi) is 3.22. The highest BCUT2D eigenvalue weighted by Gasteiger charge is 2.21. The minimum atomic E-state index is -1.20. The molecule has 0 spiro atoms. The minimum Gasteiger partial charge on any atom is -0.465 e. The molecule has 1 rings (SSSR count). The SMILES string of the molecule is CCN(C(=O)O)c1ccccc1[N+](=O)[O-]. The van der Waals surface area contributed by atoms with Crippen LogP contribution >= 0.6 is 0 Å². The van der Waals surface area contributed by atoms with E-state index in [2.05, 4.69) is 0 Å². The average Bonchev–Trinajstić information content (AvgIpc) is 2.18. The van der Waals surface area contributed by atoms with Crippen LogP contribution < -0.4 is 4.90 Å². The van der Waals surface area contributed by atoms with E-state index < -0.39 is 11.0 Å². The van der Waals surface area contributed by atoms with Crippen LogP contribution in [0.2, 0.25) is 0 Å². The molecule has 15 heavy (non-hydrogen) atoms. The van der Waals surface area contributed by atoms with Crippen molar-refractivity contribution in [2.24, 2.45) is 0 Å². The molecule has 6 heteroatoms. The molecular weight excluding hydrogens is 200 g/mol. The molecule has 0 saturated carbocycles. The van der Waals surface area contributed by atoms with E-state index in [0.717, 1.165) is 4.90 Å². The number of anilines is 1. The third kappa shape index (κ3) is 2.22. The highest BCUT2D eigenvalue weighted by Crippen LogP contribution is 2.27. The lowest BCUT2D eigenvalue weighted by atomic mass is 10.2. The van der Waals surface area contributed by atoms with Gasteiger partial charge < -0.3 is 5.11 Å². The summed E-state index contributed by atoms with van der Waals surface area (Å²) in [6.45, 7) is 1.78. The fourth-order valence-corrected chi connectivity index (χ4v) is 1.26. The van der Waals surface area contributed by atoms with Crippen LogP contribution in [0.5, 0.6) is 0 Å². The van der Waals surface area contributed by atoms with Crippen molar-refractivity contribution in [3.8, 4) is 0 Å². The van der Waals surface area contributed by atoms with Gasteiger partial charge in [-0.05, 0) is 13.0 Å². The average molecular weight is 210 g/mol. The molecule has 0 saturated heterocycles. The van der Waals surface area contributed by atoms with E-state index in [4.69, 9.17) is 5.11 Å². The first-order chi connectivity index (χ1) is 7.07. The van der Waals surface area contributed by atoms with Crippen LogP contribution in [0, 0.1) is 10.1 Å². The number of para-hydroxylation sites is 2. The van der Waals surface area contributed by atoms with Crippen LogP contribution in [0.3, 0.4) is 0 Å². The maximum Gasteiger partial charge on any atom is 0.412 e. The van der Waals surface area contributed by atoms with Crippen LogP contribution in [0.15, 0.2) is 24.3 Å². The van der Waals surface area contributed by atoms with Crippen LogP contribution in [-0.2, 0) is 0 Å². The highest BCUT2D eigenvalue weighted by molar-refractivity contribution is 5.89. The first-order valence-corrected chi connectivity index (χ1v) is 4.31. The second kappa shape index (κ2) is 4.41. The summed E-state index contributed by atoms with van der Waals surface area (Å²) in [5.74, 6) is 0. The Morgan fingerprint density at radius 2 is 2.13 bits per heavy atom. The van der Waals surface area contributed by atoms with E-state index in [1.54, 1.807) is 13.0 Å². The number of carboxylic acid groups (broad SMARTS) is 1. The number of benzene rings is 1. The van der Waals surface area contributed by atoms with Crippen molar-refractivity contribution in [1.82, 2.24) is 0 Å². The number of rotatable bonds is 3. The summed E-state index contributed by atoms with van der Waals surface area (Å²) >= 11 is 0. The molecule has 0 radical (unpaired) electrons. The maximum atomic E-state index is 10.8. The molecule has 1 aromatic rings. The Hall–Kier alpha value is -2.11. The van der Waals surface area contributed by atoms with Crippen molar-refractivity contribution in [2.45, 2.75) is 6.92 Å². The summed E-state index contributed by atoms with van der Waals surface area (Å²) in [5, 5.41) is 19.5. The number of nitrogens with zero attached hydrogens (tertiary/aromatic N) is 2. The lowest BCUT2D eigenvalue weighted by Gasteiger charge is -2.16. The fraction of sp³-hybridized carbons (Fsp3) is 0.222. The summed E-state index contributed by atoms with van der Waals surface area (Å²) in [6.07, 6.45) is -1.20. The lowest BCUT2D eigenvalue weighted by Crippen LogP contribution is -2.29. The van der Waals surface area contributed by atoms with Crippen molar-refractivity contribution < 1.29 is 14.8 Å². The van der Waals surface area contributed by atoms with Crippen LogP contribution in [-0.4, -0.2) is 22.7 Å². The van der Waals surface area contributed by atoms with Gasteiger partial charge in [-0.3, -0.25) is 15.0 Å². The van der Waals surface area contributed by atoms with Crippen molar-refractivity contribution in [1.29, 1.82) is 0 Å². The predicted molar refractivity (Wildman–Crippen MR) is 54.1 cm³/mol. The fourth-order valence-electron chi connectivity index (χ4n) is 1.26. The van der Waals surface area contributed by atoms with Crippen LogP contribution in [0.25, 0.3) is 0 Å². The molecule has 0 aromatic heterocycles. The van der Waals surface area contributed by atoms with Gasteiger partial charge in [-0.2, -0.15) is 0 Å². The van der Waals surface area contributed by atoms with Gasteiger partial charge in [-0.1, -0.05) is 12.1 Å². The largest absolute Gasteiger partial charge is 0.465 e. The monoisotopic (exact) mass is 210 g/mol. The molecular formula is C9H10N2O4. The first kappa shape index (κ1) is 11.0. The standard InChI is InChI=1S/C9H10N2O4/c1-2-10(9(12)13)7-5-3-4-6-8(7)11(14)15/h3-6H,2H2,1H3,(H,12,13). The Morgan fingerprint density at radius 1 is 1.53 bits per heavy atom. The van der Waals surface area contributed by atoms with E-state index in [1.165, 1.54) is 18.2 Å². The lowest BCUT2D eigenvalue weighted by molar-refractivity contribution is -0.384. The number of amides is 1. The quantitative estimate of drug-likeness (QED) is 0.611. The summed E-state index contributed by atoms with van der Waals surface area (Å²) < 4.78 is 0. The summed E-state index contributed by atoms with van der Waals surface area (Å²) in [6, 6.07) is 5.75. The Labute approximate surface area is 85.9 Å². The Balaban J connectivity index is 3.22. The van der Waals surface area contributed by atoms with E-state index in [0.29, 0.717) is 0 Å². The van der Waals surface area contributed by atoms with Gasteiger partial charge in [-0.25, -0.2) is 4.79 Å². The molecule has 1 N–H and O–H groups in total. The van der Waals surface area contributed by atoms with E-state index in [1.807, 2.05) is 0 Å². The molecule has 0 aliphatic heterocycles. The van der Waals surface area contributed by atoms with Crippen molar-refractivity contribution in [2.75, 3.05) is 11.4 Å². The summed E-state index contributed by atoms with van der Waals surface area (Å²) in [5.41, 5.74) is -0.112. The molecule has 6 nitrogen and oxygen atoms in total. The van der Waals surface area contributed by atoms with Crippen LogP contribution in [0.1, 0.15) is 6.92 Å². The molecule has 1 amide bonds. The molecule has 0 bridgehead atoms. The second-order valence-electron chi connectivity index (χ2n) is 2.77. The second-order valence-corrected chi connectivity index (χ2v) is 2.77. The zero-order chi connectivity index (χ0) is 11.4. The number of hydrogen-bond donors (Lipinski definition) is 1. The van der Waals surface area contributed by atoms with Gasteiger partial charge in [0.25, 0.3) is 5.69 Å². The van der Waals surface area contributed by atoms with Gasteiger partial charge in [0.05, 0.1) is 4.92 Å². The van der Waals surface area contributed by atoms with Gasteiger partial charge >= 0.3 is 6.09 Å². The van der Waals surface area contributed by atoms with Gasteiger partial charge in [-0.15, -0.1) is 0 Å². The van der Waals surface area contributed by atoms with E-state index >= 15 is 0 Å². The Bertz CT molecular complexity index is 391. The zero-order valence-electron chi connectivity index (χ0n) is 8.08. The first-order valence-electron chi connectivity index (χ1n) is 4.31. The van der Waals surface area contributed by atoms with Gasteiger partial charge in [0.1, 0.15) is 5.69 Å². The molecule has 0 heterocycles. The number of nitro benzene ring substituents is 1. The smallest absolute Gasteiger partial charge is 0.412 e. The van der Waals surface area contributed by atoms with Gasteiger partial charge in [0, 0.05) is 12.6 Å². The van der Waals surface area contributed by atoms with Gasteiger partial charge in [0.15, 0.2) is 0 Å². The van der Waals surface area contributed by atoms with E-state index in [9.17, 15) is 14.9 Å². The Morgan fingerprint density at radius 3 is 2.60 bits per heavy atom. The third-order valence-electron chi connectivity index (χ3n) is 1.92. The van der Waals surface area contributed by atoms with Crippen molar-refractivity contribution >= 4 is 17.5 Å². The van der Waals surface area contributed by atoms with Crippen molar-refractivity contribution in [3.05, 3.63) is 34.4 Å². The number of nitro groups is 1. The number of hydrogen-bond acceptors (Lipinski definition) is 3. The molecule has 0 atom stereocenters. The highest BCUT2D eigenvalue weighted by atomic mass is 16.6. The molecule has 0 aliphatic rings. The van der Waals surface area contributed by atoms with Gasteiger partial charge in [0.2, 0.25) is 0 Å². The molecule has 0 fully saturated rings. The number of carbonyl (C=O) groups is 1. The third-order valence-corrected chi connectivity index (χ3v) is 1.92. The molecule has 0 aliphatic carbocycles. The molecule has 0 unspecified atom stereocenters. The molecule has 1 aromatic carbocycles. The van der Waals surface area contributed by atoms with E-state index in [-0.39, 0.29) is 17.9 Å². The predicted octanol–water partition coefficient (Wildman–Crippen LogP) is 2.10. The normalized spacial score (nSPS) is 9.67. The maximum absolute atomic E-state index is 10.8. The van der Waals surface area contributed by atoms with Crippen LogP contribution in [0.4, 0.5) is 16.2 Å². The topological polar surface area (TPSA) is 83.7 Å². The summed E-state index contributed by atoms with van der Waals surface area (Å²) in [7, 11) is 0. The molecule has 80 valence electrons. The zero-order valence-corrected chi connectivity index (χ0v) is 8.08. The minimum absolute atomic E-state index is 0.0949.